The van der Waals surface area contributed by atoms with Crippen LogP contribution in [0.25, 0.3) is 0 Å². The van der Waals surface area contributed by atoms with Crippen molar-refractivity contribution in [3.05, 3.63) is 0 Å². The van der Waals surface area contributed by atoms with E-state index in [4.69, 9.17) is 10.8 Å². The summed E-state index contributed by atoms with van der Waals surface area (Å²) in [5.41, 5.74) is 5.65. The highest BCUT2D eigenvalue weighted by Crippen LogP contribution is 2.18. The number of hydrogen-bond acceptors (Lipinski definition) is 7. The number of carbonyl (C=O) groups is 4. The molecule has 0 aromatic rings. The zero-order chi connectivity index (χ0) is 18.3. The molecule has 0 aromatic carbocycles. The minimum absolute atomic E-state index is 0.0679. The molecule has 1 aliphatic heterocycles. The van der Waals surface area contributed by atoms with Crippen LogP contribution in [0.3, 0.4) is 0 Å². The van der Waals surface area contributed by atoms with Crippen LogP contribution in [0.5, 0.6) is 0 Å². The number of carbonyl (C=O) groups excluding carboxylic acids is 3. The van der Waals surface area contributed by atoms with E-state index in [0.717, 1.165) is 0 Å². The van der Waals surface area contributed by atoms with Crippen LogP contribution in [0.2, 0.25) is 0 Å². The van der Waals surface area contributed by atoms with E-state index in [1.165, 1.54) is 4.90 Å². The average molecular weight is 378 g/mol. The van der Waals surface area contributed by atoms with E-state index in [-0.39, 0.29) is 24.0 Å². The summed E-state index contributed by atoms with van der Waals surface area (Å²) in [4.78, 5) is 48.2. The van der Waals surface area contributed by atoms with Crippen LogP contribution >= 0.6 is 25.3 Å². The van der Waals surface area contributed by atoms with Crippen molar-refractivity contribution >= 4 is 48.9 Å². The lowest BCUT2D eigenvalue weighted by molar-refractivity contribution is -0.141. The van der Waals surface area contributed by atoms with Crippen LogP contribution in [0, 0.1) is 0 Å². The van der Waals surface area contributed by atoms with E-state index >= 15 is 0 Å². The predicted molar refractivity (Wildman–Crippen MR) is 93.0 cm³/mol. The summed E-state index contributed by atoms with van der Waals surface area (Å²) in [7, 11) is 0. The zero-order valence-corrected chi connectivity index (χ0v) is 14.8. The first-order valence-electron chi connectivity index (χ1n) is 7.39. The number of nitrogens with one attached hydrogen (secondary N) is 2. The Hall–Kier alpha value is -1.46. The van der Waals surface area contributed by atoms with Crippen molar-refractivity contribution in [2.45, 2.75) is 31.0 Å². The number of likely N-dealkylation sites (tertiary alicyclic amines) is 1. The number of carboxylic acids is 1. The molecule has 1 saturated heterocycles. The van der Waals surface area contributed by atoms with E-state index < -0.39 is 35.9 Å². The Morgan fingerprint density at radius 1 is 1.25 bits per heavy atom. The molecule has 0 spiro atoms. The molecule has 5 N–H and O–H groups in total. The fraction of sp³-hybridized carbons (Fsp3) is 0.692. The van der Waals surface area contributed by atoms with Gasteiger partial charge in [-0.3, -0.25) is 14.4 Å². The monoisotopic (exact) mass is 378 g/mol. The van der Waals surface area contributed by atoms with Gasteiger partial charge in [0.2, 0.25) is 17.7 Å². The Morgan fingerprint density at radius 2 is 1.92 bits per heavy atom. The van der Waals surface area contributed by atoms with Gasteiger partial charge >= 0.3 is 5.97 Å². The second-order valence-corrected chi connectivity index (χ2v) is 6.07. The molecule has 1 fully saturated rings. The van der Waals surface area contributed by atoms with Crippen LogP contribution in [-0.4, -0.2) is 76.4 Å². The lowest BCUT2D eigenvalue weighted by Gasteiger charge is -2.26. The minimum Gasteiger partial charge on any atom is -0.480 e. The third-order valence-corrected chi connectivity index (χ3v) is 4.35. The molecule has 24 heavy (non-hydrogen) atoms. The molecule has 3 atom stereocenters. The van der Waals surface area contributed by atoms with Gasteiger partial charge in [0.1, 0.15) is 12.1 Å². The van der Waals surface area contributed by atoms with Gasteiger partial charge in [-0.2, -0.15) is 25.3 Å². The van der Waals surface area contributed by atoms with Gasteiger partial charge in [0.05, 0.1) is 12.6 Å². The molecule has 0 aromatic heterocycles. The predicted octanol–water partition coefficient (Wildman–Crippen LogP) is -2.15. The molecule has 0 radical (unpaired) electrons. The van der Waals surface area contributed by atoms with Gasteiger partial charge in [0.25, 0.3) is 0 Å². The maximum Gasteiger partial charge on any atom is 0.327 e. The van der Waals surface area contributed by atoms with E-state index in [1.807, 2.05) is 0 Å². The number of rotatable bonds is 8. The number of amides is 3. The van der Waals surface area contributed by atoms with Crippen LogP contribution < -0.4 is 16.4 Å². The number of nitrogens with zero attached hydrogens (tertiary/aromatic N) is 1. The summed E-state index contributed by atoms with van der Waals surface area (Å²) in [6.45, 7) is 0.0406. The van der Waals surface area contributed by atoms with Gasteiger partial charge in [0, 0.05) is 18.1 Å². The summed E-state index contributed by atoms with van der Waals surface area (Å²) in [6.07, 6.45) is 1.14. The van der Waals surface area contributed by atoms with Gasteiger partial charge in [0.15, 0.2) is 0 Å². The molecule has 136 valence electrons. The van der Waals surface area contributed by atoms with E-state index in [2.05, 4.69) is 35.9 Å². The molecule has 1 rings (SSSR count). The molecular weight excluding hydrogens is 356 g/mol. The number of thiol groups is 2. The largest absolute Gasteiger partial charge is 0.480 e. The Bertz CT molecular complexity index is 505. The third-order valence-electron chi connectivity index (χ3n) is 3.59. The van der Waals surface area contributed by atoms with Gasteiger partial charge in [-0.25, -0.2) is 4.79 Å². The van der Waals surface area contributed by atoms with Crippen LogP contribution in [0.4, 0.5) is 0 Å². The van der Waals surface area contributed by atoms with Gasteiger partial charge in [-0.15, -0.1) is 0 Å². The number of aliphatic carboxylic acids is 1. The van der Waals surface area contributed by atoms with Crippen molar-refractivity contribution in [1.82, 2.24) is 15.5 Å². The summed E-state index contributed by atoms with van der Waals surface area (Å²) < 4.78 is 0. The lowest BCUT2D eigenvalue weighted by atomic mass is 10.2. The topological polar surface area (TPSA) is 142 Å². The Labute approximate surface area is 150 Å². The second-order valence-electron chi connectivity index (χ2n) is 5.34. The zero-order valence-electron chi connectivity index (χ0n) is 13.0. The van der Waals surface area contributed by atoms with E-state index in [0.29, 0.717) is 19.4 Å². The smallest absolute Gasteiger partial charge is 0.327 e. The summed E-state index contributed by atoms with van der Waals surface area (Å²) in [6, 6.07) is -2.59. The van der Waals surface area contributed by atoms with Crippen molar-refractivity contribution in [2.75, 3.05) is 24.6 Å². The molecule has 11 heteroatoms. The number of hydrogen-bond donors (Lipinski definition) is 6. The first-order valence-corrected chi connectivity index (χ1v) is 8.66. The van der Waals surface area contributed by atoms with Crippen molar-refractivity contribution in [3.8, 4) is 0 Å². The Morgan fingerprint density at radius 3 is 2.46 bits per heavy atom. The molecule has 9 nitrogen and oxygen atoms in total. The van der Waals surface area contributed by atoms with E-state index in [9.17, 15) is 19.2 Å². The summed E-state index contributed by atoms with van der Waals surface area (Å²) >= 11 is 7.80. The van der Waals surface area contributed by atoms with Gasteiger partial charge in [-0.05, 0) is 12.8 Å². The molecule has 0 bridgehead atoms. The minimum atomic E-state index is -1.21. The molecule has 3 unspecified atom stereocenters. The normalized spacial score (nSPS) is 19.5. The molecule has 1 heterocycles. The molecule has 0 saturated carbocycles. The third kappa shape index (κ3) is 5.56. The molecule has 0 aliphatic carbocycles. The Balaban J connectivity index is 2.53. The van der Waals surface area contributed by atoms with Crippen molar-refractivity contribution in [1.29, 1.82) is 0 Å². The fourth-order valence-electron chi connectivity index (χ4n) is 2.31. The van der Waals surface area contributed by atoms with Crippen LogP contribution in [0.15, 0.2) is 0 Å². The standard InChI is InChI=1S/C13H22N4O5S2/c14-7(5-23)12(20)17-3-1-2-9(17)11(19)15-4-10(18)16-8(6-24)13(21)22/h7-9,23-24H,1-6,14H2,(H,15,19)(H,16,18)(H,21,22). The average Bonchev–Trinajstić information content (AvgIpc) is 3.05. The van der Waals surface area contributed by atoms with Crippen molar-refractivity contribution < 1.29 is 24.3 Å². The second kappa shape index (κ2) is 9.74. The maximum absolute atomic E-state index is 12.2. The SMILES string of the molecule is NC(CS)C(=O)N1CCCC1C(=O)NCC(=O)NC(CS)C(=O)O. The highest BCUT2D eigenvalue weighted by atomic mass is 32.1. The van der Waals surface area contributed by atoms with Crippen LogP contribution in [-0.2, 0) is 19.2 Å². The Kier molecular flexibility index (Phi) is 8.36. The van der Waals surface area contributed by atoms with Crippen molar-refractivity contribution in [2.24, 2.45) is 5.73 Å². The molecular formula is C13H22N4O5S2. The first kappa shape index (κ1) is 20.6. The summed E-state index contributed by atoms with van der Waals surface area (Å²) in [5.74, 6) is -2.58. The van der Waals surface area contributed by atoms with Gasteiger partial charge < -0.3 is 26.4 Å². The molecule has 1 aliphatic rings. The maximum atomic E-state index is 12.2. The molecule has 3 amide bonds. The van der Waals surface area contributed by atoms with E-state index in [1.54, 1.807) is 0 Å². The lowest BCUT2D eigenvalue weighted by Crippen LogP contribution is -2.53. The quantitative estimate of drug-likeness (QED) is 0.266. The highest BCUT2D eigenvalue weighted by molar-refractivity contribution is 7.80. The first-order chi connectivity index (χ1) is 11.3. The number of nitrogens with two attached hydrogens (primary N) is 1. The van der Waals surface area contributed by atoms with Gasteiger partial charge in [-0.1, -0.05) is 0 Å². The fourth-order valence-corrected chi connectivity index (χ4v) is 2.71. The van der Waals surface area contributed by atoms with Crippen molar-refractivity contribution in [3.63, 3.8) is 0 Å². The number of carboxylic acid groups (broad SMARTS) is 1. The summed E-state index contributed by atoms with van der Waals surface area (Å²) in [5, 5.41) is 13.5. The highest BCUT2D eigenvalue weighted by Gasteiger charge is 2.35. The van der Waals surface area contributed by atoms with Crippen LogP contribution in [0.1, 0.15) is 12.8 Å².